The number of ether oxygens (including phenoxy) is 1. The van der Waals surface area contributed by atoms with Crippen LogP contribution in [-0.4, -0.2) is 19.7 Å². The standard InChI is InChI=1S/C16H26N2O2/c1-5-10-17-16(19)18-15(11-12(2)3)13-6-8-14(20-4)9-7-13/h6-9,12,15H,5,10-11H2,1-4H3,(H2,17,18,19)/t15-/m1/s1. The molecule has 0 bridgehead atoms. The SMILES string of the molecule is CCCNC(=O)N[C@H](CC(C)C)c1ccc(OC)cc1. The quantitative estimate of drug-likeness (QED) is 0.802. The molecule has 0 radical (unpaired) electrons. The minimum atomic E-state index is -0.103. The van der Waals surface area contributed by atoms with Crippen LogP contribution in [0.4, 0.5) is 4.79 Å². The number of amides is 2. The van der Waals surface area contributed by atoms with E-state index in [0.717, 1.165) is 24.2 Å². The number of carbonyl (C=O) groups excluding carboxylic acids is 1. The lowest BCUT2D eigenvalue weighted by molar-refractivity contribution is 0.235. The molecule has 0 saturated carbocycles. The van der Waals surface area contributed by atoms with Crippen molar-refractivity contribution in [1.29, 1.82) is 0 Å². The van der Waals surface area contributed by atoms with Crippen molar-refractivity contribution in [2.45, 2.75) is 39.7 Å². The van der Waals surface area contributed by atoms with Crippen molar-refractivity contribution in [2.24, 2.45) is 5.92 Å². The Kier molecular flexibility index (Phi) is 6.91. The van der Waals surface area contributed by atoms with E-state index in [1.807, 2.05) is 31.2 Å². The number of benzene rings is 1. The predicted molar refractivity (Wildman–Crippen MR) is 82.0 cm³/mol. The molecule has 20 heavy (non-hydrogen) atoms. The van der Waals surface area contributed by atoms with Crippen molar-refractivity contribution >= 4 is 6.03 Å². The normalized spacial score (nSPS) is 12.1. The first-order valence-corrected chi connectivity index (χ1v) is 7.25. The number of hydrogen-bond acceptors (Lipinski definition) is 2. The number of hydrogen-bond donors (Lipinski definition) is 2. The molecule has 1 atom stereocenters. The zero-order valence-corrected chi connectivity index (χ0v) is 12.9. The summed E-state index contributed by atoms with van der Waals surface area (Å²) in [5.74, 6) is 1.33. The predicted octanol–water partition coefficient (Wildman–Crippen LogP) is 3.49. The fourth-order valence-corrected chi connectivity index (χ4v) is 2.03. The Bertz CT molecular complexity index is 401. The highest BCUT2D eigenvalue weighted by molar-refractivity contribution is 5.74. The summed E-state index contributed by atoms with van der Waals surface area (Å²) in [6.45, 7) is 7.04. The van der Waals surface area contributed by atoms with Gasteiger partial charge in [0.1, 0.15) is 5.75 Å². The molecule has 0 aliphatic heterocycles. The van der Waals surface area contributed by atoms with Crippen LogP contribution in [0, 0.1) is 5.92 Å². The molecule has 0 aliphatic rings. The van der Waals surface area contributed by atoms with E-state index in [1.54, 1.807) is 7.11 Å². The smallest absolute Gasteiger partial charge is 0.315 e. The van der Waals surface area contributed by atoms with Crippen molar-refractivity contribution in [1.82, 2.24) is 10.6 Å². The molecule has 1 aromatic carbocycles. The van der Waals surface area contributed by atoms with Crippen molar-refractivity contribution in [3.8, 4) is 5.75 Å². The maximum absolute atomic E-state index is 11.8. The summed E-state index contributed by atoms with van der Waals surface area (Å²) < 4.78 is 5.16. The van der Waals surface area contributed by atoms with Gasteiger partial charge >= 0.3 is 6.03 Å². The van der Waals surface area contributed by atoms with E-state index in [9.17, 15) is 4.79 Å². The number of methoxy groups -OCH3 is 1. The lowest BCUT2D eigenvalue weighted by atomic mass is 9.97. The van der Waals surface area contributed by atoms with Gasteiger partial charge in [-0.25, -0.2) is 4.79 Å². The number of carbonyl (C=O) groups is 1. The van der Waals surface area contributed by atoms with Crippen LogP contribution in [0.2, 0.25) is 0 Å². The highest BCUT2D eigenvalue weighted by Gasteiger charge is 2.15. The number of rotatable bonds is 7. The van der Waals surface area contributed by atoms with E-state index < -0.39 is 0 Å². The Labute approximate surface area is 121 Å². The molecule has 4 nitrogen and oxygen atoms in total. The van der Waals surface area contributed by atoms with E-state index >= 15 is 0 Å². The van der Waals surface area contributed by atoms with E-state index in [-0.39, 0.29) is 12.1 Å². The molecular formula is C16H26N2O2. The number of nitrogens with one attached hydrogen (secondary N) is 2. The molecule has 2 amide bonds. The third-order valence-corrected chi connectivity index (χ3v) is 3.07. The summed E-state index contributed by atoms with van der Waals surface area (Å²) in [5, 5.41) is 5.90. The Hall–Kier alpha value is -1.71. The van der Waals surface area contributed by atoms with Gasteiger partial charge in [0.25, 0.3) is 0 Å². The third kappa shape index (κ3) is 5.51. The van der Waals surface area contributed by atoms with Gasteiger partial charge in [-0.2, -0.15) is 0 Å². The maximum atomic E-state index is 11.8. The van der Waals surface area contributed by atoms with Gasteiger partial charge in [-0.15, -0.1) is 0 Å². The van der Waals surface area contributed by atoms with Gasteiger partial charge in [0.05, 0.1) is 13.2 Å². The second kappa shape index (κ2) is 8.46. The number of urea groups is 1. The van der Waals surface area contributed by atoms with Crippen molar-refractivity contribution < 1.29 is 9.53 Å². The second-order valence-corrected chi connectivity index (χ2v) is 5.36. The van der Waals surface area contributed by atoms with E-state index in [4.69, 9.17) is 4.74 Å². The van der Waals surface area contributed by atoms with Gasteiger partial charge in [-0.3, -0.25) is 0 Å². The molecule has 4 heteroatoms. The topological polar surface area (TPSA) is 50.4 Å². The zero-order chi connectivity index (χ0) is 15.0. The Morgan fingerprint density at radius 1 is 1.25 bits per heavy atom. The molecule has 0 fully saturated rings. The molecule has 0 heterocycles. The molecule has 0 saturated heterocycles. The lowest BCUT2D eigenvalue weighted by Gasteiger charge is -2.21. The summed E-state index contributed by atoms with van der Waals surface area (Å²) in [7, 11) is 1.65. The Morgan fingerprint density at radius 3 is 2.40 bits per heavy atom. The van der Waals surface area contributed by atoms with Crippen LogP contribution in [-0.2, 0) is 0 Å². The van der Waals surface area contributed by atoms with Crippen LogP contribution in [0.3, 0.4) is 0 Å². The van der Waals surface area contributed by atoms with Crippen LogP contribution >= 0.6 is 0 Å². The average Bonchev–Trinajstić information content (AvgIpc) is 2.44. The van der Waals surface area contributed by atoms with Gasteiger partial charge in [0.15, 0.2) is 0 Å². The van der Waals surface area contributed by atoms with Gasteiger partial charge in [-0.05, 0) is 36.5 Å². The van der Waals surface area contributed by atoms with E-state index in [1.165, 1.54) is 0 Å². The van der Waals surface area contributed by atoms with E-state index in [2.05, 4.69) is 24.5 Å². The third-order valence-electron chi connectivity index (χ3n) is 3.07. The summed E-state index contributed by atoms with van der Waals surface area (Å²) >= 11 is 0. The molecule has 0 unspecified atom stereocenters. The summed E-state index contributed by atoms with van der Waals surface area (Å²) in [6.07, 6.45) is 1.84. The minimum absolute atomic E-state index is 0.0257. The minimum Gasteiger partial charge on any atom is -0.497 e. The Balaban J connectivity index is 2.74. The molecular weight excluding hydrogens is 252 g/mol. The van der Waals surface area contributed by atoms with Gasteiger partial charge in [-0.1, -0.05) is 32.9 Å². The largest absolute Gasteiger partial charge is 0.497 e. The lowest BCUT2D eigenvalue weighted by Crippen LogP contribution is -2.38. The van der Waals surface area contributed by atoms with Crippen LogP contribution < -0.4 is 15.4 Å². The van der Waals surface area contributed by atoms with Crippen LogP contribution in [0.1, 0.15) is 45.2 Å². The molecule has 0 spiro atoms. The van der Waals surface area contributed by atoms with Crippen LogP contribution in [0.5, 0.6) is 5.75 Å². The van der Waals surface area contributed by atoms with Crippen molar-refractivity contribution in [3.63, 3.8) is 0 Å². The van der Waals surface area contributed by atoms with E-state index in [0.29, 0.717) is 12.5 Å². The first-order valence-electron chi connectivity index (χ1n) is 7.25. The molecule has 1 aromatic rings. The van der Waals surface area contributed by atoms with Crippen LogP contribution in [0.15, 0.2) is 24.3 Å². The van der Waals surface area contributed by atoms with Gasteiger partial charge in [0.2, 0.25) is 0 Å². The fraction of sp³-hybridized carbons (Fsp3) is 0.562. The first-order chi connectivity index (χ1) is 9.56. The summed E-state index contributed by atoms with van der Waals surface area (Å²) in [4.78, 5) is 11.8. The monoisotopic (exact) mass is 278 g/mol. The van der Waals surface area contributed by atoms with Crippen molar-refractivity contribution in [3.05, 3.63) is 29.8 Å². The molecule has 112 valence electrons. The van der Waals surface area contributed by atoms with Crippen LogP contribution in [0.25, 0.3) is 0 Å². The van der Waals surface area contributed by atoms with Crippen molar-refractivity contribution in [2.75, 3.05) is 13.7 Å². The summed E-state index contributed by atoms with van der Waals surface area (Å²) in [6, 6.07) is 7.78. The highest BCUT2D eigenvalue weighted by Crippen LogP contribution is 2.23. The average molecular weight is 278 g/mol. The molecule has 0 aliphatic carbocycles. The molecule has 1 rings (SSSR count). The second-order valence-electron chi connectivity index (χ2n) is 5.36. The summed E-state index contributed by atoms with van der Waals surface area (Å²) in [5.41, 5.74) is 1.10. The zero-order valence-electron chi connectivity index (χ0n) is 12.9. The van der Waals surface area contributed by atoms with Gasteiger partial charge < -0.3 is 15.4 Å². The molecule has 2 N–H and O–H groups in total. The maximum Gasteiger partial charge on any atom is 0.315 e. The fourth-order valence-electron chi connectivity index (χ4n) is 2.03. The first kappa shape index (κ1) is 16.3. The van der Waals surface area contributed by atoms with Gasteiger partial charge in [0, 0.05) is 6.54 Å². The molecule has 0 aromatic heterocycles. The Morgan fingerprint density at radius 2 is 1.90 bits per heavy atom. The highest BCUT2D eigenvalue weighted by atomic mass is 16.5.